The molecule has 3 rings (SSSR count). The Hall–Kier alpha value is -1.60. The summed E-state index contributed by atoms with van der Waals surface area (Å²) in [6, 6.07) is 6.87. The number of rotatable bonds is 3. The number of piperidine rings is 1. The first-order chi connectivity index (χ1) is 10.7. The second-order valence-electron chi connectivity index (χ2n) is 7.05. The van der Waals surface area contributed by atoms with Gasteiger partial charge in [-0.15, -0.1) is 0 Å². The number of aliphatic carboxylic acids is 1. The van der Waals surface area contributed by atoms with Crippen LogP contribution in [0.25, 0.3) is 0 Å². The molecule has 1 atom stereocenters. The number of carboxylic acids is 1. The van der Waals surface area contributed by atoms with Crippen LogP contribution in [0.3, 0.4) is 0 Å². The third-order valence-electron chi connectivity index (χ3n) is 4.91. The van der Waals surface area contributed by atoms with Crippen molar-refractivity contribution in [2.45, 2.75) is 32.6 Å². The smallest absolute Gasteiger partial charge is 0.312 e. The molecule has 2 aliphatic heterocycles. The summed E-state index contributed by atoms with van der Waals surface area (Å²) in [4.78, 5) is 11.5. The van der Waals surface area contributed by atoms with Gasteiger partial charge in [-0.1, -0.05) is 32.0 Å². The molecule has 0 amide bonds. The maximum absolute atomic E-state index is 13.0. The van der Waals surface area contributed by atoms with Gasteiger partial charge in [-0.2, -0.15) is 12.7 Å². The van der Waals surface area contributed by atoms with E-state index in [-0.39, 0.29) is 12.0 Å². The van der Waals surface area contributed by atoms with Gasteiger partial charge in [-0.3, -0.25) is 9.10 Å². The molecule has 0 saturated carbocycles. The van der Waals surface area contributed by atoms with E-state index >= 15 is 0 Å². The van der Waals surface area contributed by atoms with Gasteiger partial charge >= 0.3 is 16.2 Å². The second-order valence-corrected chi connectivity index (χ2v) is 8.90. The number of hydrogen-bond donors (Lipinski definition) is 1. The number of hydrogen-bond acceptors (Lipinski definition) is 3. The summed E-state index contributed by atoms with van der Waals surface area (Å²) in [7, 11) is -3.69. The van der Waals surface area contributed by atoms with Gasteiger partial charge in [0.1, 0.15) is 5.92 Å². The average molecular weight is 338 g/mol. The van der Waals surface area contributed by atoms with Crippen LogP contribution in [0.2, 0.25) is 0 Å². The van der Waals surface area contributed by atoms with Crippen LogP contribution in [0.5, 0.6) is 0 Å². The summed E-state index contributed by atoms with van der Waals surface area (Å²) in [5.41, 5.74) is 1.21. The fourth-order valence-electron chi connectivity index (χ4n) is 3.26. The molecule has 0 aliphatic carbocycles. The quantitative estimate of drug-likeness (QED) is 0.915. The summed E-state index contributed by atoms with van der Waals surface area (Å²) in [6.07, 6.45) is 1.62. The number of nitrogens with zero attached hydrogens (tertiary/aromatic N) is 2. The highest BCUT2D eigenvalue weighted by Crippen LogP contribution is 2.40. The van der Waals surface area contributed by atoms with Crippen LogP contribution in [0.15, 0.2) is 24.3 Å². The lowest BCUT2D eigenvalue weighted by Gasteiger charge is -2.38. The van der Waals surface area contributed by atoms with Crippen molar-refractivity contribution in [1.82, 2.24) is 4.31 Å². The predicted molar refractivity (Wildman–Crippen MR) is 87.7 cm³/mol. The van der Waals surface area contributed by atoms with Gasteiger partial charge in [-0.05, 0) is 29.9 Å². The van der Waals surface area contributed by atoms with E-state index in [0.717, 1.165) is 12.8 Å². The lowest BCUT2D eigenvalue weighted by atomic mass is 9.83. The van der Waals surface area contributed by atoms with Gasteiger partial charge in [0.15, 0.2) is 0 Å². The Balaban J connectivity index is 1.91. The molecule has 2 aliphatic rings. The molecule has 2 heterocycles. The van der Waals surface area contributed by atoms with Crippen molar-refractivity contribution in [3.05, 3.63) is 29.8 Å². The maximum Gasteiger partial charge on any atom is 0.312 e. The molecule has 0 aromatic heterocycles. The highest BCUT2D eigenvalue weighted by molar-refractivity contribution is 7.90. The fraction of sp³-hybridized carbons (Fsp3) is 0.562. The number of carboxylic acid groups (broad SMARTS) is 1. The van der Waals surface area contributed by atoms with Gasteiger partial charge in [-0.25, -0.2) is 0 Å². The molecule has 0 spiro atoms. The minimum absolute atomic E-state index is 0.0308. The Kier molecular flexibility index (Phi) is 3.88. The molecule has 1 unspecified atom stereocenters. The molecule has 1 aromatic carbocycles. The number of anilines is 1. The Labute approximate surface area is 136 Å². The molecule has 1 fully saturated rings. The Morgan fingerprint density at radius 2 is 1.83 bits per heavy atom. The van der Waals surface area contributed by atoms with Gasteiger partial charge in [0, 0.05) is 13.1 Å². The van der Waals surface area contributed by atoms with Crippen molar-refractivity contribution in [3.63, 3.8) is 0 Å². The molecular weight excluding hydrogens is 316 g/mol. The highest BCUT2D eigenvalue weighted by atomic mass is 32.2. The zero-order valence-corrected chi connectivity index (χ0v) is 14.2. The standard InChI is InChI=1S/C16H22N2O4S/c1-16(2)7-9-17(10-8-16)23(21,22)18-11-13(15(19)20)12-5-3-4-6-14(12)18/h3-6,13H,7-11H2,1-2H3,(H,19,20). The van der Waals surface area contributed by atoms with Crippen LogP contribution in [-0.4, -0.2) is 43.4 Å². The monoisotopic (exact) mass is 338 g/mol. The minimum Gasteiger partial charge on any atom is -0.481 e. The van der Waals surface area contributed by atoms with E-state index in [1.807, 2.05) is 0 Å². The predicted octanol–water partition coefficient (Wildman–Crippen LogP) is 2.04. The summed E-state index contributed by atoms with van der Waals surface area (Å²) < 4.78 is 28.7. The Bertz CT molecular complexity index is 719. The molecule has 23 heavy (non-hydrogen) atoms. The summed E-state index contributed by atoms with van der Waals surface area (Å²) in [6.45, 7) is 5.21. The number of fused-ring (bicyclic) bond motifs is 1. The van der Waals surface area contributed by atoms with Crippen LogP contribution < -0.4 is 4.31 Å². The van der Waals surface area contributed by atoms with Gasteiger partial charge < -0.3 is 5.11 Å². The zero-order valence-electron chi connectivity index (χ0n) is 13.4. The van der Waals surface area contributed by atoms with Gasteiger partial charge in [0.2, 0.25) is 0 Å². The zero-order chi connectivity index (χ0) is 16.8. The van der Waals surface area contributed by atoms with Crippen molar-refractivity contribution in [3.8, 4) is 0 Å². The van der Waals surface area contributed by atoms with Crippen molar-refractivity contribution >= 4 is 21.9 Å². The molecule has 0 radical (unpaired) electrons. The van der Waals surface area contributed by atoms with E-state index in [1.54, 1.807) is 24.3 Å². The molecule has 7 heteroatoms. The Morgan fingerprint density at radius 3 is 2.43 bits per heavy atom. The third kappa shape index (κ3) is 2.83. The first-order valence-electron chi connectivity index (χ1n) is 7.82. The molecule has 126 valence electrons. The van der Waals surface area contributed by atoms with Crippen LogP contribution >= 0.6 is 0 Å². The number of para-hydroxylation sites is 1. The fourth-order valence-corrected chi connectivity index (χ4v) is 4.94. The maximum atomic E-state index is 13.0. The van der Waals surface area contributed by atoms with E-state index in [4.69, 9.17) is 0 Å². The minimum atomic E-state index is -3.69. The van der Waals surface area contributed by atoms with Crippen molar-refractivity contribution in [1.29, 1.82) is 0 Å². The number of carbonyl (C=O) groups is 1. The van der Waals surface area contributed by atoms with Crippen LogP contribution in [-0.2, 0) is 15.0 Å². The van der Waals surface area contributed by atoms with Gasteiger partial charge in [0.25, 0.3) is 0 Å². The highest BCUT2D eigenvalue weighted by Gasteiger charge is 2.42. The first kappa shape index (κ1) is 16.3. The van der Waals surface area contributed by atoms with Crippen LogP contribution in [0.4, 0.5) is 5.69 Å². The van der Waals surface area contributed by atoms with E-state index in [2.05, 4.69) is 13.8 Å². The molecule has 0 bridgehead atoms. The molecule has 1 N–H and O–H groups in total. The third-order valence-corrected chi connectivity index (χ3v) is 6.83. The van der Waals surface area contributed by atoms with E-state index in [0.29, 0.717) is 24.3 Å². The first-order valence-corrected chi connectivity index (χ1v) is 9.22. The average Bonchev–Trinajstić information content (AvgIpc) is 2.87. The van der Waals surface area contributed by atoms with E-state index in [9.17, 15) is 18.3 Å². The molecular formula is C16H22N2O4S. The van der Waals surface area contributed by atoms with E-state index < -0.39 is 22.1 Å². The topological polar surface area (TPSA) is 77.9 Å². The van der Waals surface area contributed by atoms with Crippen molar-refractivity contribution < 1.29 is 18.3 Å². The molecule has 1 aromatic rings. The lowest BCUT2D eigenvalue weighted by molar-refractivity contribution is -0.138. The lowest BCUT2D eigenvalue weighted by Crippen LogP contribution is -2.48. The summed E-state index contributed by atoms with van der Waals surface area (Å²) >= 11 is 0. The Morgan fingerprint density at radius 1 is 1.22 bits per heavy atom. The second kappa shape index (κ2) is 5.49. The molecule has 6 nitrogen and oxygen atoms in total. The normalized spacial score (nSPS) is 24.4. The van der Waals surface area contributed by atoms with E-state index in [1.165, 1.54) is 8.61 Å². The van der Waals surface area contributed by atoms with Gasteiger partial charge in [0.05, 0.1) is 12.2 Å². The number of benzene rings is 1. The SMILES string of the molecule is CC1(C)CCN(S(=O)(=O)N2CC(C(=O)O)c3ccccc32)CC1. The van der Waals surface area contributed by atoms with Crippen LogP contribution in [0.1, 0.15) is 38.2 Å². The summed E-state index contributed by atoms with van der Waals surface area (Å²) in [5.74, 6) is -1.79. The summed E-state index contributed by atoms with van der Waals surface area (Å²) in [5, 5.41) is 9.39. The van der Waals surface area contributed by atoms with Crippen LogP contribution in [0, 0.1) is 5.41 Å². The largest absolute Gasteiger partial charge is 0.481 e. The van der Waals surface area contributed by atoms with Crippen molar-refractivity contribution in [2.75, 3.05) is 23.9 Å². The molecule has 1 saturated heterocycles. The van der Waals surface area contributed by atoms with Crippen molar-refractivity contribution in [2.24, 2.45) is 5.41 Å².